The molecule has 4 rings (SSSR count). The van der Waals surface area contributed by atoms with Crippen LogP contribution in [0, 0.1) is 0 Å². The number of aliphatic hydroxyl groups excluding tert-OH is 1. The van der Waals surface area contributed by atoms with E-state index in [0.29, 0.717) is 19.8 Å². The summed E-state index contributed by atoms with van der Waals surface area (Å²) in [6, 6.07) is 16.3. The average molecular weight is 354 g/mol. The Kier molecular flexibility index (Phi) is 5.27. The molecular formula is C21H26N2O3. The van der Waals surface area contributed by atoms with Gasteiger partial charge in [-0.25, -0.2) is 0 Å². The number of para-hydroxylation sites is 1. The highest BCUT2D eigenvalue weighted by molar-refractivity contribution is 5.46. The van der Waals surface area contributed by atoms with Crippen LogP contribution in [0.1, 0.15) is 18.1 Å². The lowest BCUT2D eigenvalue weighted by atomic mass is 10.1. The molecule has 0 aliphatic carbocycles. The molecule has 0 spiro atoms. The lowest BCUT2D eigenvalue weighted by Gasteiger charge is -2.37. The van der Waals surface area contributed by atoms with Gasteiger partial charge in [-0.1, -0.05) is 24.3 Å². The van der Waals surface area contributed by atoms with Crippen molar-refractivity contribution in [2.24, 2.45) is 0 Å². The molecule has 1 unspecified atom stereocenters. The van der Waals surface area contributed by atoms with Crippen molar-refractivity contribution in [1.82, 2.24) is 4.90 Å². The minimum Gasteiger partial charge on any atom is -0.490 e. The maximum atomic E-state index is 10.7. The summed E-state index contributed by atoms with van der Waals surface area (Å²) in [6.45, 7) is 5.86. The van der Waals surface area contributed by atoms with Gasteiger partial charge in [-0.05, 0) is 29.8 Å². The Bertz CT molecular complexity index is 714. The molecule has 26 heavy (non-hydrogen) atoms. The van der Waals surface area contributed by atoms with Crippen molar-refractivity contribution < 1.29 is 14.6 Å². The van der Waals surface area contributed by atoms with Crippen molar-refractivity contribution in [3.63, 3.8) is 0 Å². The maximum absolute atomic E-state index is 10.7. The van der Waals surface area contributed by atoms with E-state index in [1.807, 2.05) is 24.3 Å². The second-order valence-corrected chi connectivity index (χ2v) is 6.90. The van der Waals surface area contributed by atoms with Gasteiger partial charge < -0.3 is 19.5 Å². The number of hydrogen-bond donors (Lipinski definition) is 1. The fraction of sp³-hybridized carbons (Fsp3) is 0.429. The monoisotopic (exact) mass is 354 g/mol. The summed E-state index contributed by atoms with van der Waals surface area (Å²) >= 11 is 0. The second kappa shape index (κ2) is 7.98. The van der Waals surface area contributed by atoms with Crippen LogP contribution in [0.2, 0.25) is 0 Å². The number of piperazine rings is 1. The zero-order chi connectivity index (χ0) is 17.8. The van der Waals surface area contributed by atoms with Gasteiger partial charge in [0.1, 0.15) is 0 Å². The fourth-order valence-corrected chi connectivity index (χ4v) is 3.56. The molecule has 1 fully saturated rings. The van der Waals surface area contributed by atoms with Crippen molar-refractivity contribution in [2.75, 3.05) is 50.8 Å². The number of aliphatic hydroxyl groups is 1. The van der Waals surface area contributed by atoms with Crippen LogP contribution in [0.5, 0.6) is 11.5 Å². The molecule has 0 amide bonds. The van der Waals surface area contributed by atoms with Crippen molar-refractivity contribution in [3.8, 4) is 11.5 Å². The standard InChI is InChI=1S/C21H26N2O3/c24-19(17-7-8-20-21(15-17)26-14-4-13-25-20)16-22-9-11-23(12-10-22)18-5-2-1-3-6-18/h1-3,5-8,15,19,24H,4,9-14,16H2. The first-order chi connectivity index (χ1) is 12.8. The fourth-order valence-electron chi connectivity index (χ4n) is 3.56. The van der Waals surface area contributed by atoms with Gasteiger partial charge in [0.05, 0.1) is 19.3 Å². The third-order valence-electron chi connectivity index (χ3n) is 5.08. The van der Waals surface area contributed by atoms with E-state index in [1.165, 1.54) is 5.69 Å². The zero-order valence-electron chi connectivity index (χ0n) is 15.0. The maximum Gasteiger partial charge on any atom is 0.161 e. The van der Waals surface area contributed by atoms with Gasteiger partial charge >= 0.3 is 0 Å². The van der Waals surface area contributed by atoms with Crippen LogP contribution in [0.4, 0.5) is 5.69 Å². The molecule has 2 heterocycles. The molecule has 1 N–H and O–H groups in total. The lowest BCUT2D eigenvalue weighted by Crippen LogP contribution is -2.47. The number of benzene rings is 2. The summed E-state index contributed by atoms with van der Waals surface area (Å²) in [6.07, 6.45) is 0.369. The summed E-state index contributed by atoms with van der Waals surface area (Å²) in [5.41, 5.74) is 2.16. The molecule has 5 heteroatoms. The summed E-state index contributed by atoms with van der Waals surface area (Å²) in [5.74, 6) is 1.52. The normalized spacial score (nSPS) is 19.0. The number of fused-ring (bicyclic) bond motifs is 1. The molecule has 2 aromatic carbocycles. The molecule has 1 saturated heterocycles. The first-order valence-corrected chi connectivity index (χ1v) is 9.39. The van der Waals surface area contributed by atoms with E-state index in [9.17, 15) is 5.11 Å². The molecule has 1 atom stereocenters. The molecule has 2 aromatic rings. The molecule has 2 aliphatic heterocycles. The van der Waals surface area contributed by atoms with Crippen LogP contribution in [0.15, 0.2) is 48.5 Å². The molecule has 138 valence electrons. The first kappa shape index (κ1) is 17.2. The Morgan fingerprint density at radius 2 is 1.62 bits per heavy atom. The Balaban J connectivity index is 1.34. The van der Waals surface area contributed by atoms with Crippen molar-refractivity contribution >= 4 is 5.69 Å². The Hall–Kier alpha value is -2.24. The second-order valence-electron chi connectivity index (χ2n) is 6.90. The summed E-state index contributed by atoms with van der Waals surface area (Å²) in [5, 5.41) is 10.7. The highest BCUT2D eigenvalue weighted by atomic mass is 16.5. The number of anilines is 1. The van der Waals surface area contributed by atoms with E-state index in [4.69, 9.17) is 9.47 Å². The molecule has 5 nitrogen and oxygen atoms in total. The van der Waals surface area contributed by atoms with E-state index in [2.05, 4.69) is 34.1 Å². The van der Waals surface area contributed by atoms with Crippen molar-refractivity contribution in [1.29, 1.82) is 0 Å². The summed E-state index contributed by atoms with van der Waals surface area (Å²) < 4.78 is 11.4. The highest BCUT2D eigenvalue weighted by Gasteiger charge is 2.21. The quantitative estimate of drug-likeness (QED) is 0.915. The number of hydrogen-bond acceptors (Lipinski definition) is 5. The van der Waals surface area contributed by atoms with Gasteiger partial charge in [0.2, 0.25) is 0 Å². The highest BCUT2D eigenvalue weighted by Crippen LogP contribution is 2.32. The first-order valence-electron chi connectivity index (χ1n) is 9.39. The van der Waals surface area contributed by atoms with Crippen LogP contribution in [0.25, 0.3) is 0 Å². The Morgan fingerprint density at radius 3 is 2.38 bits per heavy atom. The Morgan fingerprint density at radius 1 is 0.885 bits per heavy atom. The molecule has 0 bridgehead atoms. The molecule has 0 aromatic heterocycles. The van der Waals surface area contributed by atoms with Crippen LogP contribution in [-0.2, 0) is 0 Å². The van der Waals surface area contributed by atoms with E-state index in [1.54, 1.807) is 0 Å². The molecule has 0 saturated carbocycles. The zero-order valence-corrected chi connectivity index (χ0v) is 15.0. The van der Waals surface area contributed by atoms with Crippen LogP contribution >= 0.6 is 0 Å². The largest absolute Gasteiger partial charge is 0.490 e. The van der Waals surface area contributed by atoms with Gasteiger partial charge in [-0.3, -0.25) is 4.90 Å². The van der Waals surface area contributed by atoms with Crippen LogP contribution in [-0.4, -0.2) is 55.9 Å². The average Bonchev–Trinajstić information content (AvgIpc) is 2.94. The number of nitrogens with zero attached hydrogens (tertiary/aromatic N) is 2. The van der Waals surface area contributed by atoms with E-state index >= 15 is 0 Å². The smallest absolute Gasteiger partial charge is 0.161 e. The van der Waals surface area contributed by atoms with Crippen molar-refractivity contribution in [2.45, 2.75) is 12.5 Å². The van der Waals surface area contributed by atoms with Crippen LogP contribution < -0.4 is 14.4 Å². The summed E-state index contributed by atoms with van der Waals surface area (Å²) in [4.78, 5) is 4.73. The van der Waals surface area contributed by atoms with E-state index in [-0.39, 0.29) is 0 Å². The van der Waals surface area contributed by atoms with E-state index < -0.39 is 6.10 Å². The number of ether oxygens (including phenoxy) is 2. The Labute approximate surface area is 154 Å². The third kappa shape index (κ3) is 3.94. The van der Waals surface area contributed by atoms with Gasteiger partial charge in [-0.2, -0.15) is 0 Å². The molecular weight excluding hydrogens is 328 g/mol. The topological polar surface area (TPSA) is 45.2 Å². The predicted octanol–water partition coefficient (Wildman–Crippen LogP) is 2.70. The minimum absolute atomic E-state index is 0.518. The predicted molar refractivity (Wildman–Crippen MR) is 102 cm³/mol. The minimum atomic E-state index is -0.518. The number of β-amino-alcohol motifs (C(OH)–C–C–N with tert-alkyl or cyclic N) is 1. The molecule has 2 aliphatic rings. The SMILES string of the molecule is OC(CN1CCN(c2ccccc2)CC1)c1ccc2c(c1)OCCCO2. The van der Waals surface area contributed by atoms with Gasteiger partial charge in [-0.15, -0.1) is 0 Å². The molecule has 0 radical (unpaired) electrons. The third-order valence-corrected chi connectivity index (χ3v) is 5.08. The van der Waals surface area contributed by atoms with Gasteiger partial charge in [0.15, 0.2) is 11.5 Å². The van der Waals surface area contributed by atoms with Crippen LogP contribution in [0.3, 0.4) is 0 Å². The lowest BCUT2D eigenvalue weighted by molar-refractivity contribution is 0.109. The summed E-state index contributed by atoms with van der Waals surface area (Å²) in [7, 11) is 0. The van der Waals surface area contributed by atoms with Gasteiger partial charge in [0.25, 0.3) is 0 Å². The van der Waals surface area contributed by atoms with E-state index in [0.717, 1.165) is 49.7 Å². The number of rotatable bonds is 4. The van der Waals surface area contributed by atoms with Gasteiger partial charge in [0, 0.05) is 44.8 Å². The van der Waals surface area contributed by atoms with Crippen molar-refractivity contribution in [3.05, 3.63) is 54.1 Å².